The van der Waals surface area contributed by atoms with E-state index in [2.05, 4.69) is 15.4 Å². The minimum atomic E-state index is -0.353. The Hall–Kier alpha value is -3.02. The fraction of sp³-hybridized carbons (Fsp3) is 0.0625. The van der Waals surface area contributed by atoms with Crippen molar-refractivity contribution in [1.29, 1.82) is 0 Å². The first-order valence-corrected chi connectivity index (χ1v) is 6.71. The number of hydrogen-bond acceptors (Lipinski definition) is 3. The maximum atomic E-state index is 13.1. The van der Waals surface area contributed by atoms with E-state index in [0.717, 1.165) is 0 Å². The van der Waals surface area contributed by atoms with Crippen LogP contribution in [-0.2, 0) is 11.2 Å². The summed E-state index contributed by atoms with van der Waals surface area (Å²) in [6.45, 7) is 0. The summed E-state index contributed by atoms with van der Waals surface area (Å²) in [6, 6.07) is 13.3. The van der Waals surface area contributed by atoms with Gasteiger partial charge in [0, 0.05) is 0 Å². The molecule has 0 unspecified atom stereocenters. The Morgan fingerprint density at radius 2 is 2.05 bits per heavy atom. The zero-order valence-electron chi connectivity index (χ0n) is 11.6. The second kappa shape index (κ2) is 6.17. The zero-order chi connectivity index (χ0) is 15.4. The highest BCUT2D eigenvalue weighted by molar-refractivity contribution is 5.94. The molecule has 0 aliphatic rings. The van der Waals surface area contributed by atoms with Gasteiger partial charge in [-0.15, -0.1) is 0 Å². The molecule has 0 atom stereocenters. The Morgan fingerprint density at radius 1 is 1.18 bits per heavy atom. The van der Waals surface area contributed by atoms with Crippen molar-refractivity contribution in [3.8, 4) is 5.69 Å². The predicted octanol–water partition coefficient (Wildman–Crippen LogP) is 2.59. The van der Waals surface area contributed by atoms with Crippen molar-refractivity contribution in [1.82, 2.24) is 14.8 Å². The molecule has 0 aliphatic heterocycles. The van der Waals surface area contributed by atoms with E-state index in [-0.39, 0.29) is 18.1 Å². The molecule has 5 nitrogen and oxygen atoms in total. The number of carbonyl (C=O) groups excluding carboxylic acids is 1. The summed E-state index contributed by atoms with van der Waals surface area (Å²) >= 11 is 0. The molecule has 0 radical (unpaired) electrons. The highest BCUT2D eigenvalue weighted by Gasteiger charge is 2.09. The van der Waals surface area contributed by atoms with Gasteiger partial charge in [-0.1, -0.05) is 24.3 Å². The first-order valence-electron chi connectivity index (χ1n) is 6.71. The molecule has 3 aromatic rings. The van der Waals surface area contributed by atoms with Crippen molar-refractivity contribution >= 4 is 11.6 Å². The number of nitrogens with one attached hydrogen (secondary N) is 1. The highest BCUT2D eigenvalue weighted by Crippen LogP contribution is 2.19. The minimum Gasteiger partial charge on any atom is -0.324 e. The quantitative estimate of drug-likeness (QED) is 0.805. The predicted molar refractivity (Wildman–Crippen MR) is 80.1 cm³/mol. The average molecular weight is 296 g/mol. The molecule has 0 fully saturated rings. The lowest BCUT2D eigenvalue weighted by Crippen LogP contribution is -2.16. The van der Waals surface area contributed by atoms with Crippen molar-refractivity contribution in [2.75, 3.05) is 5.32 Å². The molecule has 1 aromatic heterocycles. The minimum absolute atomic E-state index is 0.101. The number of aromatic nitrogens is 3. The third-order valence-electron chi connectivity index (χ3n) is 3.10. The Morgan fingerprint density at radius 3 is 2.82 bits per heavy atom. The van der Waals surface area contributed by atoms with Crippen LogP contribution < -0.4 is 5.32 Å². The molecule has 6 heteroatoms. The molecule has 0 spiro atoms. The molecule has 0 saturated carbocycles. The van der Waals surface area contributed by atoms with Crippen LogP contribution in [-0.4, -0.2) is 20.7 Å². The van der Waals surface area contributed by atoms with E-state index in [0.29, 0.717) is 16.9 Å². The number of halogens is 1. The Balaban J connectivity index is 1.77. The molecule has 0 saturated heterocycles. The van der Waals surface area contributed by atoms with Crippen LogP contribution in [0.3, 0.4) is 0 Å². The van der Waals surface area contributed by atoms with Crippen LogP contribution in [0.5, 0.6) is 0 Å². The number of amides is 1. The standard InChI is InChI=1S/C16H13FN4O/c17-13-5-3-4-12(8-13)9-16(22)20-14-6-1-2-7-15(14)21-11-18-10-19-21/h1-8,10-11H,9H2,(H,20,22). The van der Waals surface area contributed by atoms with Crippen LogP contribution >= 0.6 is 0 Å². The summed E-state index contributed by atoms with van der Waals surface area (Å²) in [5, 5.41) is 6.87. The molecule has 1 amide bonds. The van der Waals surface area contributed by atoms with Gasteiger partial charge in [0.05, 0.1) is 17.8 Å². The van der Waals surface area contributed by atoms with Gasteiger partial charge in [-0.25, -0.2) is 14.1 Å². The van der Waals surface area contributed by atoms with Gasteiger partial charge in [0.25, 0.3) is 0 Å². The molecular weight excluding hydrogens is 283 g/mol. The zero-order valence-corrected chi connectivity index (χ0v) is 11.6. The summed E-state index contributed by atoms with van der Waals surface area (Å²) in [7, 11) is 0. The summed E-state index contributed by atoms with van der Waals surface area (Å²) in [4.78, 5) is 16.0. The van der Waals surface area contributed by atoms with Gasteiger partial charge < -0.3 is 5.32 Å². The van der Waals surface area contributed by atoms with Gasteiger partial charge in [0.2, 0.25) is 5.91 Å². The van der Waals surface area contributed by atoms with Crippen molar-refractivity contribution in [3.63, 3.8) is 0 Å². The van der Waals surface area contributed by atoms with Gasteiger partial charge in [0.1, 0.15) is 18.5 Å². The molecule has 22 heavy (non-hydrogen) atoms. The Kier molecular flexibility index (Phi) is 3.91. The van der Waals surface area contributed by atoms with Crippen LogP contribution in [0.4, 0.5) is 10.1 Å². The van der Waals surface area contributed by atoms with Gasteiger partial charge in [-0.05, 0) is 29.8 Å². The average Bonchev–Trinajstić information content (AvgIpc) is 3.02. The lowest BCUT2D eigenvalue weighted by molar-refractivity contribution is -0.115. The molecular formula is C16H13FN4O. The van der Waals surface area contributed by atoms with Gasteiger partial charge in [-0.2, -0.15) is 5.10 Å². The van der Waals surface area contributed by atoms with Gasteiger partial charge >= 0.3 is 0 Å². The second-order valence-corrected chi connectivity index (χ2v) is 4.71. The third-order valence-corrected chi connectivity index (χ3v) is 3.10. The number of para-hydroxylation sites is 2. The van der Waals surface area contributed by atoms with Crippen molar-refractivity contribution in [3.05, 3.63) is 72.6 Å². The molecule has 1 heterocycles. The van der Waals surface area contributed by atoms with E-state index in [1.54, 1.807) is 29.2 Å². The first kappa shape index (κ1) is 13.9. The summed E-state index contributed by atoms with van der Waals surface area (Å²) in [5.41, 5.74) is 1.96. The van der Waals surface area contributed by atoms with E-state index in [4.69, 9.17) is 0 Å². The maximum Gasteiger partial charge on any atom is 0.228 e. The largest absolute Gasteiger partial charge is 0.324 e. The smallest absolute Gasteiger partial charge is 0.228 e. The Labute approximate surface area is 126 Å². The number of carbonyl (C=O) groups is 1. The van der Waals surface area contributed by atoms with E-state index in [1.165, 1.54) is 18.5 Å². The molecule has 0 aliphatic carbocycles. The lowest BCUT2D eigenvalue weighted by Gasteiger charge is -2.10. The van der Waals surface area contributed by atoms with Crippen LogP contribution in [0.15, 0.2) is 61.2 Å². The monoisotopic (exact) mass is 296 g/mol. The number of nitrogens with zero attached hydrogens (tertiary/aromatic N) is 3. The summed E-state index contributed by atoms with van der Waals surface area (Å²) in [6.07, 6.45) is 3.08. The number of benzene rings is 2. The van der Waals surface area contributed by atoms with Crippen LogP contribution in [0.25, 0.3) is 5.69 Å². The summed E-state index contributed by atoms with van der Waals surface area (Å²) in [5.74, 6) is -0.577. The lowest BCUT2D eigenvalue weighted by atomic mass is 10.1. The van der Waals surface area contributed by atoms with Gasteiger partial charge in [0.15, 0.2) is 0 Å². The molecule has 2 aromatic carbocycles. The van der Waals surface area contributed by atoms with Crippen molar-refractivity contribution in [2.45, 2.75) is 6.42 Å². The second-order valence-electron chi connectivity index (χ2n) is 4.71. The topological polar surface area (TPSA) is 59.8 Å². The van der Waals surface area contributed by atoms with Crippen LogP contribution in [0, 0.1) is 5.82 Å². The molecule has 3 rings (SSSR count). The number of hydrogen-bond donors (Lipinski definition) is 1. The molecule has 0 bridgehead atoms. The Bertz CT molecular complexity index is 786. The van der Waals surface area contributed by atoms with Gasteiger partial charge in [-0.3, -0.25) is 4.79 Å². The summed E-state index contributed by atoms with van der Waals surface area (Å²) < 4.78 is 14.7. The normalized spacial score (nSPS) is 10.4. The molecule has 1 N–H and O–H groups in total. The highest BCUT2D eigenvalue weighted by atomic mass is 19.1. The fourth-order valence-electron chi connectivity index (χ4n) is 2.14. The van der Waals surface area contributed by atoms with Crippen LogP contribution in [0.1, 0.15) is 5.56 Å². The van der Waals surface area contributed by atoms with Crippen molar-refractivity contribution < 1.29 is 9.18 Å². The van der Waals surface area contributed by atoms with Crippen molar-refractivity contribution in [2.24, 2.45) is 0 Å². The maximum absolute atomic E-state index is 13.1. The van der Waals surface area contributed by atoms with E-state index < -0.39 is 0 Å². The first-order chi connectivity index (χ1) is 10.7. The molecule has 110 valence electrons. The fourth-order valence-corrected chi connectivity index (χ4v) is 2.14. The van der Waals surface area contributed by atoms with E-state index in [9.17, 15) is 9.18 Å². The SMILES string of the molecule is O=C(Cc1cccc(F)c1)Nc1ccccc1-n1cncn1. The van der Waals surface area contributed by atoms with E-state index >= 15 is 0 Å². The number of rotatable bonds is 4. The van der Waals surface area contributed by atoms with Crippen LogP contribution in [0.2, 0.25) is 0 Å². The third kappa shape index (κ3) is 3.17. The van der Waals surface area contributed by atoms with E-state index in [1.807, 2.05) is 18.2 Å². The number of anilines is 1.